The van der Waals surface area contributed by atoms with Crippen LogP contribution < -0.4 is 10.1 Å². The van der Waals surface area contributed by atoms with Gasteiger partial charge < -0.3 is 14.5 Å². The summed E-state index contributed by atoms with van der Waals surface area (Å²) in [4.78, 5) is 11.8. The molecule has 0 aliphatic heterocycles. The Morgan fingerprint density at radius 2 is 2.22 bits per heavy atom. The van der Waals surface area contributed by atoms with E-state index in [4.69, 9.17) is 20.8 Å². The number of hydrogen-bond donors (Lipinski definition) is 1. The lowest BCUT2D eigenvalue weighted by molar-refractivity contribution is 0.0997. The monoisotopic (exact) mass is 265 g/mol. The van der Waals surface area contributed by atoms with Crippen molar-refractivity contribution in [2.45, 2.75) is 6.92 Å². The molecule has 1 N–H and O–H groups in total. The molecule has 0 atom stereocenters. The summed E-state index contributed by atoms with van der Waals surface area (Å²) in [6.07, 6.45) is 0. The first-order valence-electron chi connectivity index (χ1n) is 5.48. The predicted molar refractivity (Wildman–Crippen MR) is 69.3 cm³/mol. The van der Waals surface area contributed by atoms with Crippen LogP contribution in [0.3, 0.4) is 0 Å². The molecule has 1 aromatic carbocycles. The van der Waals surface area contributed by atoms with E-state index in [0.717, 1.165) is 0 Å². The van der Waals surface area contributed by atoms with E-state index in [1.165, 1.54) is 12.1 Å². The number of ether oxygens (including phenoxy) is 1. The summed E-state index contributed by atoms with van der Waals surface area (Å²) < 4.78 is 10.4. The van der Waals surface area contributed by atoms with Gasteiger partial charge in [-0.3, -0.25) is 4.79 Å². The Morgan fingerprint density at radius 3 is 2.89 bits per heavy atom. The van der Waals surface area contributed by atoms with Crippen LogP contribution >= 0.6 is 11.6 Å². The van der Waals surface area contributed by atoms with E-state index >= 15 is 0 Å². The van der Waals surface area contributed by atoms with Gasteiger partial charge in [0.25, 0.3) is 5.91 Å². The highest BCUT2D eigenvalue weighted by atomic mass is 35.5. The van der Waals surface area contributed by atoms with Crippen molar-refractivity contribution in [3.63, 3.8) is 0 Å². The molecule has 0 saturated heterocycles. The van der Waals surface area contributed by atoms with Crippen LogP contribution in [-0.4, -0.2) is 12.5 Å². The van der Waals surface area contributed by atoms with Gasteiger partial charge in [-0.2, -0.15) is 0 Å². The van der Waals surface area contributed by atoms with Gasteiger partial charge in [0.15, 0.2) is 11.0 Å². The first kappa shape index (κ1) is 12.5. The number of anilines is 1. The molecule has 0 aliphatic carbocycles. The summed E-state index contributed by atoms with van der Waals surface area (Å²) in [7, 11) is 0. The van der Waals surface area contributed by atoms with E-state index in [1.807, 2.05) is 13.0 Å². The van der Waals surface area contributed by atoms with Crippen molar-refractivity contribution in [1.82, 2.24) is 0 Å². The number of benzene rings is 1. The highest BCUT2D eigenvalue weighted by Crippen LogP contribution is 2.19. The second kappa shape index (κ2) is 5.60. The molecule has 0 fully saturated rings. The molecular formula is C13H12ClNO3. The van der Waals surface area contributed by atoms with Crippen molar-refractivity contribution in [2.75, 3.05) is 11.9 Å². The lowest BCUT2D eigenvalue weighted by Crippen LogP contribution is -2.10. The molecule has 94 valence electrons. The van der Waals surface area contributed by atoms with Crippen LogP contribution in [-0.2, 0) is 0 Å². The van der Waals surface area contributed by atoms with Crippen molar-refractivity contribution in [3.8, 4) is 5.75 Å². The van der Waals surface area contributed by atoms with Crippen molar-refractivity contribution < 1.29 is 13.9 Å². The quantitative estimate of drug-likeness (QED) is 0.919. The molecule has 18 heavy (non-hydrogen) atoms. The molecule has 0 spiro atoms. The first-order chi connectivity index (χ1) is 8.69. The molecule has 1 amide bonds. The Balaban J connectivity index is 2.09. The number of furan rings is 1. The molecule has 5 heteroatoms. The van der Waals surface area contributed by atoms with Gasteiger partial charge in [-0.25, -0.2) is 0 Å². The third kappa shape index (κ3) is 3.05. The summed E-state index contributed by atoms with van der Waals surface area (Å²) in [6.45, 7) is 2.47. The van der Waals surface area contributed by atoms with Crippen LogP contribution in [0.1, 0.15) is 17.5 Å². The van der Waals surface area contributed by atoms with Gasteiger partial charge in [-0.05, 0) is 42.8 Å². The molecule has 4 nitrogen and oxygen atoms in total. The smallest absolute Gasteiger partial charge is 0.291 e. The highest BCUT2D eigenvalue weighted by molar-refractivity contribution is 6.29. The van der Waals surface area contributed by atoms with Crippen LogP contribution in [0.4, 0.5) is 5.69 Å². The highest BCUT2D eigenvalue weighted by Gasteiger charge is 2.10. The molecule has 0 saturated carbocycles. The second-order valence-corrected chi connectivity index (χ2v) is 3.89. The molecule has 0 aliphatic rings. The number of amides is 1. The van der Waals surface area contributed by atoms with Crippen molar-refractivity contribution in [2.24, 2.45) is 0 Å². The Kier molecular flexibility index (Phi) is 3.89. The number of rotatable bonds is 4. The van der Waals surface area contributed by atoms with E-state index in [-0.39, 0.29) is 16.9 Å². The van der Waals surface area contributed by atoms with Gasteiger partial charge in [0.1, 0.15) is 5.75 Å². The third-order valence-corrected chi connectivity index (χ3v) is 2.40. The van der Waals surface area contributed by atoms with Crippen LogP contribution in [0.5, 0.6) is 5.75 Å². The van der Waals surface area contributed by atoms with Crippen molar-refractivity contribution in [3.05, 3.63) is 47.4 Å². The van der Waals surface area contributed by atoms with Crippen LogP contribution in [0.15, 0.2) is 40.8 Å². The predicted octanol–water partition coefficient (Wildman–Crippen LogP) is 3.58. The fourth-order valence-corrected chi connectivity index (χ4v) is 1.61. The Morgan fingerprint density at radius 1 is 1.39 bits per heavy atom. The molecule has 1 heterocycles. The summed E-state index contributed by atoms with van der Waals surface area (Å²) in [5, 5.41) is 2.88. The minimum atomic E-state index is -0.351. The Bertz CT molecular complexity index is 551. The Hall–Kier alpha value is -1.94. The van der Waals surface area contributed by atoms with Crippen LogP contribution in [0, 0.1) is 0 Å². The fraction of sp³-hybridized carbons (Fsp3) is 0.154. The third-order valence-electron chi connectivity index (χ3n) is 2.20. The van der Waals surface area contributed by atoms with Crippen molar-refractivity contribution >= 4 is 23.2 Å². The summed E-state index contributed by atoms with van der Waals surface area (Å²) in [5.74, 6) is 0.519. The molecule has 2 rings (SSSR count). The topological polar surface area (TPSA) is 51.5 Å². The molecular weight excluding hydrogens is 254 g/mol. The molecule has 1 aromatic heterocycles. The SMILES string of the molecule is CCOc1cccc(NC(=O)c2ccc(Cl)o2)c1. The zero-order chi connectivity index (χ0) is 13.0. The van der Waals surface area contributed by atoms with Gasteiger partial charge >= 0.3 is 0 Å². The maximum absolute atomic E-state index is 11.8. The second-order valence-electron chi connectivity index (χ2n) is 3.52. The van der Waals surface area contributed by atoms with Gasteiger partial charge in [0.05, 0.1) is 6.61 Å². The standard InChI is InChI=1S/C13H12ClNO3/c1-2-17-10-5-3-4-9(8-10)15-13(16)11-6-7-12(14)18-11/h3-8H,2H2,1H3,(H,15,16). The molecule has 2 aromatic rings. The average molecular weight is 266 g/mol. The lowest BCUT2D eigenvalue weighted by atomic mass is 10.3. The van der Waals surface area contributed by atoms with Crippen LogP contribution in [0.2, 0.25) is 5.22 Å². The minimum absolute atomic E-state index is 0.168. The maximum Gasteiger partial charge on any atom is 0.291 e. The number of carbonyl (C=O) groups excluding carboxylic acids is 1. The zero-order valence-electron chi connectivity index (χ0n) is 9.77. The van der Waals surface area contributed by atoms with E-state index in [1.54, 1.807) is 18.2 Å². The van der Waals surface area contributed by atoms with E-state index in [9.17, 15) is 4.79 Å². The fourth-order valence-electron chi connectivity index (χ4n) is 1.46. The number of nitrogens with one attached hydrogen (secondary N) is 1. The molecule has 0 unspecified atom stereocenters. The van der Waals surface area contributed by atoms with Gasteiger partial charge in [0, 0.05) is 11.8 Å². The van der Waals surface area contributed by atoms with Gasteiger partial charge in [-0.1, -0.05) is 6.07 Å². The first-order valence-corrected chi connectivity index (χ1v) is 5.86. The van der Waals surface area contributed by atoms with E-state index in [2.05, 4.69) is 5.32 Å². The lowest BCUT2D eigenvalue weighted by Gasteiger charge is -2.06. The number of halogens is 1. The van der Waals surface area contributed by atoms with Gasteiger partial charge in [0.2, 0.25) is 0 Å². The molecule has 0 radical (unpaired) electrons. The van der Waals surface area contributed by atoms with E-state index in [0.29, 0.717) is 18.0 Å². The zero-order valence-corrected chi connectivity index (χ0v) is 10.5. The summed E-state index contributed by atoms with van der Waals surface area (Å²) in [5.41, 5.74) is 0.637. The normalized spacial score (nSPS) is 10.1. The average Bonchev–Trinajstić information content (AvgIpc) is 2.77. The number of hydrogen-bond acceptors (Lipinski definition) is 3. The number of carbonyl (C=O) groups is 1. The minimum Gasteiger partial charge on any atom is -0.494 e. The van der Waals surface area contributed by atoms with Crippen LogP contribution in [0.25, 0.3) is 0 Å². The largest absolute Gasteiger partial charge is 0.494 e. The maximum atomic E-state index is 11.8. The Labute approximate surface area is 110 Å². The summed E-state index contributed by atoms with van der Waals surface area (Å²) in [6, 6.07) is 10.2. The van der Waals surface area contributed by atoms with Crippen molar-refractivity contribution in [1.29, 1.82) is 0 Å². The summed E-state index contributed by atoms with van der Waals surface area (Å²) >= 11 is 5.61. The molecule has 0 bridgehead atoms. The van der Waals surface area contributed by atoms with E-state index < -0.39 is 0 Å². The van der Waals surface area contributed by atoms with Gasteiger partial charge in [-0.15, -0.1) is 0 Å².